The fraction of sp³-hybridized carbons (Fsp3) is 0.500. The van der Waals surface area contributed by atoms with Crippen molar-refractivity contribution in [2.75, 3.05) is 12.4 Å². The topological polar surface area (TPSA) is 76.7 Å². The molecular formula is C12H17N5OS. The van der Waals surface area contributed by atoms with Gasteiger partial charge in [0.2, 0.25) is 0 Å². The number of hydrogen-bond donors (Lipinski definition) is 1. The van der Waals surface area contributed by atoms with E-state index in [9.17, 15) is 0 Å². The Kier molecular flexibility index (Phi) is 5.29. The van der Waals surface area contributed by atoms with Crippen LogP contribution in [-0.2, 0) is 6.54 Å². The van der Waals surface area contributed by atoms with Gasteiger partial charge in [0.25, 0.3) is 0 Å². The number of aliphatic hydroxyl groups is 1. The number of thioether (sulfide) groups is 1. The molecule has 0 fully saturated rings. The summed E-state index contributed by atoms with van der Waals surface area (Å²) in [5, 5.41) is 18.1. The van der Waals surface area contributed by atoms with E-state index in [1.165, 1.54) is 0 Å². The normalized spacial score (nSPS) is 10.8. The zero-order chi connectivity index (χ0) is 13.5. The lowest BCUT2D eigenvalue weighted by atomic mass is 10.4. The SMILES string of the molecule is CCn1c(SCCCCO)nnc1-c1cnccn1. The Hall–Kier alpha value is -1.47. The Morgan fingerprint density at radius 2 is 2.16 bits per heavy atom. The molecule has 0 aromatic carbocycles. The van der Waals surface area contributed by atoms with Crippen LogP contribution in [0.1, 0.15) is 19.8 Å². The van der Waals surface area contributed by atoms with Gasteiger partial charge in [-0.15, -0.1) is 10.2 Å². The van der Waals surface area contributed by atoms with Crippen LogP contribution in [0.4, 0.5) is 0 Å². The molecule has 102 valence electrons. The van der Waals surface area contributed by atoms with Gasteiger partial charge < -0.3 is 9.67 Å². The molecule has 0 atom stereocenters. The van der Waals surface area contributed by atoms with Gasteiger partial charge in [-0.25, -0.2) is 4.98 Å². The summed E-state index contributed by atoms with van der Waals surface area (Å²) in [6, 6.07) is 0. The summed E-state index contributed by atoms with van der Waals surface area (Å²) in [5.74, 6) is 1.68. The van der Waals surface area contributed by atoms with Crippen LogP contribution in [0.3, 0.4) is 0 Å². The maximum absolute atomic E-state index is 8.76. The standard InChI is InChI=1S/C12H17N5OS/c1-2-17-11(10-9-13-5-6-14-10)15-16-12(17)19-8-4-3-7-18/h5-6,9,18H,2-4,7-8H2,1H3. The third-order valence-electron chi connectivity index (χ3n) is 2.61. The second-order valence-electron chi connectivity index (χ2n) is 3.92. The number of nitrogens with zero attached hydrogens (tertiary/aromatic N) is 5. The van der Waals surface area contributed by atoms with Gasteiger partial charge in [-0.05, 0) is 19.8 Å². The third kappa shape index (κ3) is 3.51. The summed E-state index contributed by atoms with van der Waals surface area (Å²) < 4.78 is 2.04. The van der Waals surface area contributed by atoms with Crippen LogP contribution in [0.5, 0.6) is 0 Å². The number of hydrogen-bond acceptors (Lipinski definition) is 6. The van der Waals surface area contributed by atoms with Gasteiger partial charge in [0.05, 0.1) is 6.20 Å². The first-order valence-electron chi connectivity index (χ1n) is 6.30. The molecule has 0 radical (unpaired) electrons. The predicted octanol–water partition coefficient (Wildman–Crippen LogP) is 1.62. The maximum atomic E-state index is 8.76. The lowest BCUT2D eigenvalue weighted by Gasteiger charge is -2.06. The minimum absolute atomic E-state index is 0.242. The maximum Gasteiger partial charge on any atom is 0.191 e. The Balaban J connectivity index is 2.12. The molecule has 2 heterocycles. The molecule has 0 bridgehead atoms. The average molecular weight is 279 g/mol. The molecule has 2 rings (SSSR count). The van der Waals surface area contributed by atoms with E-state index in [0.29, 0.717) is 0 Å². The molecule has 7 heteroatoms. The Labute approximate surface area is 116 Å². The van der Waals surface area contributed by atoms with Crippen LogP contribution in [-0.4, -0.2) is 42.2 Å². The lowest BCUT2D eigenvalue weighted by molar-refractivity contribution is 0.287. The summed E-state index contributed by atoms with van der Waals surface area (Å²) in [6.45, 7) is 3.09. The van der Waals surface area contributed by atoms with E-state index in [1.54, 1.807) is 30.4 Å². The molecule has 1 N–H and O–H groups in total. The van der Waals surface area contributed by atoms with Gasteiger partial charge in [0.1, 0.15) is 5.69 Å². The van der Waals surface area contributed by atoms with Crippen molar-refractivity contribution in [3.05, 3.63) is 18.6 Å². The van der Waals surface area contributed by atoms with Gasteiger partial charge in [-0.2, -0.15) is 0 Å². The number of rotatable bonds is 7. The van der Waals surface area contributed by atoms with Gasteiger partial charge in [0, 0.05) is 31.3 Å². The van der Waals surface area contributed by atoms with Crippen molar-refractivity contribution < 1.29 is 5.11 Å². The second-order valence-corrected chi connectivity index (χ2v) is 4.98. The molecule has 6 nitrogen and oxygen atoms in total. The van der Waals surface area contributed by atoms with Crippen LogP contribution >= 0.6 is 11.8 Å². The number of aliphatic hydroxyl groups excluding tert-OH is 1. The average Bonchev–Trinajstić information content (AvgIpc) is 2.87. The first-order valence-corrected chi connectivity index (χ1v) is 7.28. The molecule has 0 saturated heterocycles. The van der Waals surface area contributed by atoms with Crippen molar-refractivity contribution in [2.45, 2.75) is 31.5 Å². The summed E-state index contributed by atoms with van der Waals surface area (Å²) in [6.07, 6.45) is 6.78. The fourth-order valence-electron chi connectivity index (χ4n) is 1.66. The molecule has 0 aliphatic carbocycles. The monoisotopic (exact) mass is 279 g/mol. The van der Waals surface area contributed by atoms with E-state index < -0.39 is 0 Å². The van der Waals surface area contributed by atoms with Gasteiger partial charge in [-0.1, -0.05) is 11.8 Å². The highest BCUT2D eigenvalue weighted by Gasteiger charge is 2.13. The van der Waals surface area contributed by atoms with E-state index >= 15 is 0 Å². The van der Waals surface area contributed by atoms with E-state index in [0.717, 1.165) is 41.8 Å². The Morgan fingerprint density at radius 3 is 2.84 bits per heavy atom. The Bertz CT molecular complexity index is 502. The predicted molar refractivity (Wildman–Crippen MR) is 73.8 cm³/mol. The van der Waals surface area contributed by atoms with E-state index in [4.69, 9.17) is 5.11 Å². The fourth-order valence-corrected chi connectivity index (χ4v) is 2.66. The summed E-state index contributed by atoms with van der Waals surface area (Å²) in [7, 11) is 0. The van der Waals surface area contributed by atoms with E-state index in [1.807, 2.05) is 4.57 Å². The first-order chi connectivity index (χ1) is 9.36. The third-order valence-corrected chi connectivity index (χ3v) is 3.66. The van der Waals surface area contributed by atoms with Crippen molar-refractivity contribution >= 4 is 11.8 Å². The highest BCUT2D eigenvalue weighted by Crippen LogP contribution is 2.22. The largest absolute Gasteiger partial charge is 0.396 e. The minimum atomic E-state index is 0.242. The zero-order valence-corrected chi connectivity index (χ0v) is 11.7. The Morgan fingerprint density at radius 1 is 1.26 bits per heavy atom. The minimum Gasteiger partial charge on any atom is -0.396 e. The molecule has 0 amide bonds. The second kappa shape index (κ2) is 7.20. The van der Waals surface area contributed by atoms with Crippen LogP contribution in [0.2, 0.25) is 0 Å². The van der Waals surface area contributed by atoms with Crippen molar-refractivity contribution in [1.82, 2.24) is 24.7 Å². The van der Waals surface area contributed by atoms with Gasteiger partial charge >= 0.3 is 0 Å². The van der Waals surface area contributed by atoms with Gasteiger partial charge in [0.15, 0.2) is 11.0 Å². The molecule has 0 saturated carbocycles. The highest BCUT2D eigenvalue weighted by atomic mass is 32.2. The van der Waals surface area contributed by atoms with Crippen LogP contribution in [0.25, 0.3) is 11.5 Å². The molecule has 0 spiro atoms. The molecule has 0 unspecified atom stereocenters. The molecule has 0 aliphatic heterocycles. The quantitative estimate of drug-likeness (QED) is 0.613. The lowest BCUT2D eigenvalue weighted by Crippen LogP contribution is -2.01. The summed E-state index contributed by atoms with van der Waals surface area (Å²) in [5.41, 5.74) is 0.735. The van der Waals surface area contributed by atoms with Crippen molar-refractivity contribution in [1.29, 1.82) is 0 Å². The van der Waals surface area contributed by atoms with Crippen molar-refractivity contribution in [2.24, 2.45) is 0 Å². The van der Waals surface area contributed by atoms with Crippen LogP contribution < -0.4 is 0 Å². The molecular weight excluding hydrogens is 262 g/mol. The smallest absolute Gasteiger partial charge is 0.191 e. The van der Waals surface area contributed by atoms with Crippen molar-refractivity contribution in [3.8, 4) is 11.5 Å². The van der Waals surface area contributed by atoms with Crippen LogP contribution in [0, 0.1) is 0 Å². The first kappa shape index (κ1) is 14.0. The highest BCUT2D eigenvalue weighted by molar-refractivity contribution is 7.99. The molecule has 2 aromatic heterocycles. The number of aromatic nitrogens is 5. The summed E-state index contributed by atoms with van der Waals surface area (Å²) >= 11 is 1.66. The molecule has 19 heavy (non-hydrogen) atoms. The zero-order valence-electron chi connectivity index (χ0n) is 10.9. The van der Waals surface area contributed by atoms with Crippen molar-refractivity contribution in [3.63, 3.8) is 0 Å². The summed E-state index contributed by atoms with van der Waals surface area (Å²) in [4.78, 5) is 8.31. The van der Waals surface area contributed by atoms with Crippen LogP contribution in [0.15, 0.2) is 23.7 Å². The van der Waals surface area contributed by atoms with E-state index in [2.05, 4.69) is 27.1 Å². The van der Waals surface area contributed by atoms with Gasteiger partial charge in [-0.3, -0.25) is 4.98 Å². The number of unbranched alkanes of at least 4 members (excludes halogenated alkanes) is 1. The molecule has 0 aliphatic rings. The molecule has 2 aromatic rings. The van der Waals surface area contributed by atoms with E-state index in [-0.39, 0.29) is 6.61 Å².